The van der Waals surface area contributed by atoms with Crippen LogP contribution in [0.15, 0.2) is 78.9 Å². The molecule has 7 heteroatoms. The molecule has 0 spiro atoms. The molecule has 4 N–H and O–H groups in total. The predicted octanol–water partition coefficient (Wildman–Crippen LogP) is 3.97. The second kappa shape index (κ2) is 11.3. The van der Waals surface area contributed by atoms with Gasteiger partial charge in [0.2, 0.25) is 0 Å². The molecule has 0 saturated carbocycles. The monoisotopic (exact) mass is 456 g/mol. The molecule has 174 valence electrons. The number of amides is 1. The smallest absolute Gasteiger partial charge is 0.251 e. The van der Waals surface area contributed by atoms with Crippen molar-refractivity contribution in [2.75, 3.05) is 38.7 Å². The summed E-state index contributed by atoms with van der Waals surface area (Å²) < 4.78 is 5.57. The molecule has 0 unspecified atom stereocenters. The highest BCUT2D eigenvalue weighted by molar-refractivity contribution is 5.99. The average molecular weight is 457 g/mol. The van der Waals surface area contributed by atoms with E-state index in [1.165, 1.54) is 0 Å². The number of nitrogens with one attached hydrogen (secondary N) is 3. The van der Waals surface area contributed by atoms with Crippen LogP contribution in [0.1, 0.15) is 10.4 Å². The van der Waals surface area contributed by atoms with Crippen LogP contribution >= 0.6 is 0 Å². The van der Waals surface area contributed by atoms with Gasteiger partial charge >= 0.3 is 0 Å². The number of aliphatic hydroxyl groups is 1. The van der Waals surface area contributed by atoms with E-state index in [0.717, 1.165) is 33.5 Å². The molecule has 1 amide bonds. The van der Waals surface area contributed by atoms with Crippen LogP contribution in [-0.4, -0.2) is 49.3 Å². The van der Waals surface area contributed by atoms with E-state index < -0.39 is 0 Å². The van der Waals surface area contributed by atoms with E-state index >= 15 is 0 Å². The molecule has 1 aromatic heterocycles. The molecule has 0 bridgehead atoms. The van der Waals surface area contributed by atoms with Gasteiger partial charge in [-0.05, 0) is 36.4 Å². The molecule has 7 nitrogen and oxygen atoms in total. The van der Waals surface area contributed by atoms with Gasteiger partial charge in [0.25, 0.3) is 5.91 Å². The first-order valence-corrected chi connectivity index (χ1v) is 11.2. The molecule has 0 aliphatic heterocycles. The number of carbonyl (C=O) groups excluding carboxylic acids is 1. The standard InChI is InChI=1S/C27H28N4O3/c1-34-25-9-5-8-22-24(18-23(31-26(22)25)19-6-3-2-4-7-19)30-21-12-10-20(11-13-21)27(33)29-15-14-28-16-17-32/h2-13,18,28,32H,14-17H2,1H3,(H,29,33)(H,30,31). The second-order valence-electron chi connectivity index (χ2n) is 7.71. The molecule has 0 radical (unpaired) electrons. The Bertz CT molecular complexity index is 1240. The number of ether oxygens (including phenoxy) is 1. The molecule has 0 fully saturated rings. The van der Waals surface area contributed by atoms with Crippen molar-refractivity contribution in [3.05, 3.63) is 84.4 Å². The van der Waals surface area contributed by atoms with Gasteiger partial charge in [-0.1, -0.05) is 42.5 Å². The summed E-state index contributed by atoms with van der Waals surface area (Å²) in [4.78, 5) is 17.2. The van der Waals surface area contributed by atoms with Crippen molar-refractivity contribution in [1.82, 2.24) is 15.6 Å². The predicted molar refractivity (Wildman–Crippen MR) is 136 cm³/mol. The molecule has 0 saturated heterocycles. The SMILES string of the molecule is COc1cccc2c(Nc3ccc(C(=O)NCCNCCO)cc3)cc(-c3ccccc3)nc12. The van der Waals surface area contributed by atoms with Crippen LogP contribution in [0.4, 0.5) is 11.4 Å². The quantitative estimate of drug-likeness (QED) is 0.270. The molecule has 4 rings (SSSR count). The number of aliphatic hydroxyl groups excluding tert-OH is 1. The van der Waals surface area contributed by atoms with E-state index in [0.29, 0.717) is 30.9 Å². The lowest BCUT2D eigenvalue weighted by Gasteiger charge is -2.14. The van der Waals surface area contributed by atoms with Crippen molar-refractivity contribution in [1.29, 1.82) is 0 Å². The Kier molecular flexibility index (Phi) is 7.70. The summed E-state index contributed by atoms with van der Waals surface area (Å²) in [6.45, 7) is 1.69. The van der Waals surface area contributed by atoms with E-state index in [1.54, 1.807) is 19.2 Å². The minimum Gasteiger partial charge on any atom is -0.494 e. The van der Waals surface area contributed by atoms with Gasteiger partial charge in [-0.15, -0.1) is 0 Å². The average Bonchev–Trinajstić information content (AvgIpc) is 2.89. The van der Waals surface area contributed by atoms with Gasteiger partial charge in [0.05, 0.1) is 25.1 Å². The van der Waals surface area contributed by atoms with E-state index in [1.807, 2.05) is 66.7 Å². The van der Waals surface area contributed by atoms with Crippen molar-refractivity contribution < 1.29 is 14.6 Å². The summed E-state index contributed by atoms with van der Waals surface area (Å²) >= 11 is 0. The van der Waals surface area contributed by atoms with Crippen LogP contribution in [0, 0.1) is 0 Å². The van der Waals surface area contributed by atoms with Gasteiger partial charge in [-0.2, -0.15) is 0 Å². The first kappa shape index (κ1) is 23.2. The Hall–Kier alpha value is -3.94. The molecule has 0 aliphatic rings. The lowest BCUT2D eigenvalue weighted by Crippen LogP contribution is -2.32. The van der Waals surface area contributed by atoms with Crippen LogP contribution in [-0.2, 0) is 0 Å². The van der Waals surface area contributed by atoms with Gasteiger partial charge in [-0.3, -0.25) is 4.79 Å². The zero-order valence-corrected chi connectivity index (χ0v) is 19.0. The zero-order valence-electron chi connectivity index (χ0n) is 19.0. The molecular weight excluding hydrogens is 428 g/mol. The van der Waals surface area contributed by atoms with Gasteiger partial charge in [0.15, 0.2) is 0 Å². The lowest BCUT2D eigenvalue weighted by molar-refractivity contribution is 0.0954. The van der Waals surface area contributed by atoms with Crippen molar-refractivity contribution in [3.63, 3.8) is 0 Å². The summed E-state index contributed by atoms with van der Waals surface area (Å²) in [5.74, 6) is 0.571. The summed E-state index contributed by atoms with van der Waals surface area (Å²) in [5, 5.41) is 19.1. The zero-order chi connectivity index (χ0) is 23.8. The molecule has 4 aromatic rings. The number of rotatable bonds is 10. The third kappa shape index (κ3) is 5.51. The number of aromatic nitrogens is 1. The Labute approximate surface area is 198 Å². The van der Waals surface area contributed by atoms with E-state index in [4.69, 9.17) is 14.8 Å². The van der Waals surface area contributed by atoms with Crippen molar-refractivity contribution >= 4 is 28.2 Å². The van der Waals surface area contributed by atoms with Crippen molar-refractivity contribution in [2.45, 2.75) is 0 Å². The highest BCUT2D eigenvalue weighted by Gasteiger charge is 2.12. The Balaban J connectivity index is 1.57. The van der Waals surface area contributed by atoms with Crippen LogP contribution in [0.5, 0.6) is 5.75 Å². The highest BCUT2D eigenvalue weighted by Crippen LogP contribution is 2.34. The van der Waals surface area contributed by atoms with Crippen LogP contribution in [0.3, 0.4) is 0 Å². The third-order valence-corrected chi connectivity index (χ3v) is 5.39. The molecule has 1 heterocycles. The number of pyridine rings is 1. The fourth-order valence-corrected chi connectivity index (χ4v) is 3.68. The number of benzene rings is 3. The Morgan fingerprint density at radius 2 is 1.74 bits per heavy atom. The van der Waals surface area contributed by atoms with Gasteiger partial charge in [-0.25, -0.2) is 4.98 Å². The molecule has 34 heavy (non-hydrogen) atoms. The number of hydrogen-bond acceptors (Lipinski definition) is 6. The number of carbonyl (C=O) groups is 1. The fraction of sp³-hybridized carbons (Fsp3) is 0.185. The third-order valence-electron chi connectivity index (χ3n) is 5.39. The number of anilines is 2. The summed E-state index contributed by atoms with van der Waals surface area (Å²) in [5.41, 5.74) is 4.97. The van der Waals surface area contributed by atoms with Gasteiger partial charge < -0.3 is 25.8 Å². The maximum absolute atomic E-state index is 12.4. The second-order valence-corrected chi connectivity index (χ2v) is 7.71. The van der Waals surface area contributed by atoms with E-state index in [9.17, 15) is 4.79 Å². The van der Waals surface area contributed by atoms with Crippen molar-refractivity contribution in [3.8, 4) is 17.0 Å². The Morgan fingerprint density at radius 3 is 2.47 bits per heavy atom. The topological polar surface area (TPSA) is 95.5 Å². The molecule has 0 aliphatic carbocycles. The number of methoxy groups -OCH3 is 1. The first-order valence-electron chi connectivity index (χ1n) is 11.2. The highest BCUT2D eigenvalue weighted by atomic mass is 16.5. The number of nitrogens with zero attached hydrogens (tertiary/aromatic N) is 1. The summed E-state index contributed by atoms with van der Waals surface area (Å²) in [6, 6.07) is 25.2. The normalized spacial score (nSPS) is 10.8. The van der Waals surface area contributed by atoms with Gasteiger partial charge in [0.1, 0.15) is 11.3 Å². The van der Waals surface area contributed by atoms with Gasteiger partial charge in [0, 0.05) is 41.8 Å². The fourth-order valence-electron chi connectivity index (χ4n) is 3.68. The summed E-state index contributed by atoms with van der Waals surface area (Å²) in [7, 11) is 1.64. The van der Waals surface area contributed by atoms with E-state index in [2.05, 4.69) is 16.0 Å². The molecule has 0 atom stereocenters. The van der Waals surface area contributed by atoms with Crippen LogP contribution in [0.2, 0.25) is 0 Å². The molecular formula is C27H28N4O3. The molecule has 3 aromatic carbocycles. The number of fused-ring (bicyclic) bond motifs is 1. The van der Waals surface area contributed by atoms with E-state index in [-0.39, 0.29) is 12.5 Å². The maximum atomic E-state index is 12.4. The maximum Gasteiger partial charge on any atom is 0.251 e. The lowest BCUT2D eigenvalue weighted by atomic mass is 10.1. The largest absolute Gasteiger partial charge is 0.494 e. The first-order chi connectivity index (χ1) is 16.7. The minimum atomic E-state index is -0.136. The van der Waals surface area contributed by atoms with Crippen LogP contribution in [0.25, 0.3) is 22.2 Å². The van der Waals surface area contributed by atoms with Crippen molar-refractivity contribution in [2.24, 2.45) is 0 Å². The number of para-hydroxylation sites is 1. The Morgan fingerprint density at radius 1 is 0.941 bits per heavy atom. The number of hydrogen-bond donors (Lipinski definition) is 4. The minimum absolute atomic E-state index is 0.0782. The summed E-state index contributed by atoms with van der Waals surface area (Å²) in [6.07, 6.45) is 0. The van der Waals surface area contributed by atoms with Crippen LogP contribution < -0.4 is 20.7 Å².